The van der Waals surface area contributed by atoms with Crippen molar-refractivity contribution >= 4 is 29.3 Å². The van der Waals surface area contributed by atoms with Gasteiger partial charge in [-0.25, -0.2) is 9.78 Å². The first-order chi connectivity index (χ1) is 11.2. The molecule has 1 heterocycles. The first-order valence-corrected chi connectivity index (χ1v) is 7.95. The summed E-state index contributed by atoms with van der Waals surface area (Å²) >= 11 is 7.18. The molecule has 0 bridgehead atoms. The van der Waals surface area contributed by atoms with Crippen molar-refractivity contribution in [1.29, 1.82) is 0 Å². The molecule has 0 unspecified atom stereocenters. The van der Waals surface area contributed by atoms with Gasteiger partial charge < -0.3 is 9.15 Å². The van der Waals surface area contributed by atoms with Gasteiger partial charge in [0.1, 0.15) is 0 Å². The molecule has 0 radical (unpaired) electrons. The van der Waals surface area contributed by atoms with Gasteiger partial charge in [-0.15, -0.1) is 0 Å². The number of esters is 1. The molecule has 0 aliphatic carbocycles. The second kappa shape index (κ2) is 6.89. The summed E-state index contributed by atoms with van der Waals surface area (Å²) in [6.45, 7) is 0. The van der Waals surface area contributed by atoms with Gasteiger partial charge in [-0.2, -0.15) is 0 Å². The lowest BCUT2D eigenvalue weighted by atomic mass is 10.2. The predicted octanol–water partition coefficient (Wildman–Crippen LogP) is 4.93. The number of ether oxygens (including phenoxy) is 1. The van der Waals surface area contributed by atoms with Crippen molar-refractivity contribution in [2.24, 2.45) is 0 Å². The molecule has 4 nitrogen and oxygen atoms in total. The van der Waals surface area contributed by atoms with Crippen LogP contribution in [0.3, 0.4) is 0 Å². The number of methoxy groups -OCH3 is 1. The minimum absolute atomic E-state index is 0.159. The zero-order valence-corrected chi connectivity index (χ0v) is 13.7. The molecule has 0 fully saturated rings. The Morgan fingerprint density at radius 2 is 1.83 bits per heavy atom. The standard InChI is InChI=1S/C17H12ClNO3S/c1-21-16(20)14-17(23-13-9-7-12(18)8-10-13)22-15(19-14)11-5-3-2-4-6-11/h2-10H,1H3. The lowest BCUT2D eigenvalue weighted by Crippen LogP contribution is -2.02. The fourth-order valence-corrected chi connectivity index (χ4v) is 2.87. The number of carbonyl (C=O) groups excluding carboxylic acids is 1. The van der Waals surface area contributed by atoms with Crippen LogP contribution in [0.2, 0.25) is 5.02 Å². The third kappa shape index (κ3) is 3.57. The fourth-order valence-electron chi connectivity index (χ4n) is 1.91. The van der Waals surface area contributed by atoms with Crippen LogP contribution in [0.5, 0.6) is 0 Å². The van der Waals surface area contributed by atoms with E-state index in [1.807, 2.05) is 42.5 Å². The van der Waals surface area contributed by atoms with Crippen LogP contribution in [0, 0.1) is 0 Å². The summed E-state index contributed by atoms with van der Waals surface area (Å²) in [7, 11) is 1.32. The molecule has 6 heteroatoms. The van der Waals surface area contributed by atoms with Crippen molar-refractivity contribution in [3.63, 3.8) is 0 Å². The molecule has 0 saturated carbocycles. The smallest absolute Gasteiger partial charge is 0.361 e. The number of rotatable bonds is 4. The SMILES string of the molecule is COC(=O)c1nc(-c2ccccc2)oc1Sc1ccc(Cl)cc1. The lowest BCUT2D eigenvalue weighted by Gasteiger charge is -2.00. The number of oxazole rings is 1. The zero-order valence-electron chi connectivity index (χ0n) is 12.2. The van der Waals surface area contributed by atoms with Crippen LogP contribution >= 0.6 is 23.4 Å². The Kier molecular flexibility index (Phi) is 4.69. The highest BCUT2D eigenvalue weighted by molar-refractivity contribution is 7.99. The van der Waals surface area contributed by atoms with E-state index in [4.69, 9.17) is 20.8 Å². The van der Waals surface area contributed by atoms with Crippen LogP contribution < -0.4 is 0 Å². The molecule has 116 valence electrons. The average Bonchev–Trinajstić information content (AvgIpc) is 3.01. The van der Waals surface area contributed by atoms with Gasteiger partial charge in [0, 0.05) is 15.5 Å². The van der Waals surface area contributed by atoms with Gasteiger partial charge in [-0.1, -0.05) is 29.8 Å². The van der Waals surface area contributed by atoms with Crippen molar-refractivity contribution in [2.45, 2.75) is 9.99 Å². The van der Waals surface area contributed by atoms with Crippen LogP contribution in [0.25, 0.3) is 11.5 Å². The molecule has 0 aliphatic heterocycles. The van der Waals surface area contributed by atoms with E-state index in [0.717, 1.165) is 10.5 Å². The Bertz CT molecular complexity index is 816. The summed E-state index contributed by atoms with van der Waals surface area (Å²) in [6.07, 6.45) is 0. The summed E-state index contributed by atoms with van der Waals surface area (Å²) in [5.41, 5.74) is 0.951. The van der Waals surface area contributed by atoms with Crippen LogP contribution in [0.15, 0.2) is 69.0 Å². The number of hydrogen-bond acceptors (Lipinski definition) is 5. The second-order valence-electron chi connectivity index (χ2n) is 4.57. The van der Waals surface area contributed by atoms with Crippen molar-refractivity contribution in [3.8, 4) is 11.5 Å². The van der Waals surface area contributed by atoms with E-state index in [9.17, 15) is 4.79 Å². The maximum Gasteiger partial charge on any atom is 0.361 e. The number of halogens is 1. The molecule has 0 amide bonds. The second-order valence-corrected chi connectivity index (χ2v) is 6.05. The summed E-state index contributed by atoms with van der Waals surface area (Å²) in [6, 6.07) is 16.6. The summed E-state index contributed by atoms with van der Waals surface area (Å²) in [5.74, 6) is -0.158. The summed E-state index contributed by atoms with van der Waals surface area (Å²) in [5, 5.41) is 1.03. The highest BCUT2D eigenvalue weighted by Gasteiger charge is 2.22. The molecule has 3 aromatic rings. The minimum Gasteiger partial charge on any atom is -0.464 e. The maximum absolute atomic E-state index is 11.9. The van der Waals surface area contributed by atoms with Crippen molar-refractivity contribution in [1.82, 2.24) is 4.98 Å². The zero-order chi connectivity index (χ0) is 16.2. The van der Waals surface area contributed by atoms with E-state index in [1.54, 1.807) is 12.1 Å². The third-order valence-corrected chi connectivity index (χ3v) is 4.24. The lowest BCUT2D eigenvalue weighted by molar-refractivity contribution is 0.0588. The minimum atomic E-state index is -0.535. The van der Waals surface area contributed by atoms with Gasteiger partial charge in [0.25, 0.3) is 0 Å². The van der Waals surface area contributed by atoms with Gasteiger partial charge in [-0.3, -0.25) is 0 Å². The maximum atomic E-state index is 11.9. The van der Waals surface area contributed by atoms with Crippen LogP contribution in [-0.4, -0.2) is 18.1 Å². The monoisotopic (exact) mass is 345 g/mol. The average molecular weight is 346 g/mol. The molecule has 23 heavy (non-hydrogen) atoms. The van der Waals surface area contributed by atoms with Crippen LogP contribution in [0.4, 0.5) is 0 Å². The molecular formula is C17H12ClNO3S. The third-order valence-electron chi connectivity index (χ3n) is 3.02. The molecule has 2 aromatic carbocycles. The van der Waals surface area contributed by atoms with Crippen molar-refractivity contribution in [2.75, 3.05) is 7.11 Å². The van der Waals surface area contributed by atoms with E-state index in [-0.39, 0.29) is 5.69 Å². The van der Waals surface area contributed by atoms with Gasteiger partial charge in [0.15, 0.2) is 0 Å². The van der Waals surface area contributed by atoms with E-state index in [2.05, 4.69) is 4.98 Å². The molecule has 3 rings (SSSR count). The van der Waals surface area contributed by atoms with Crippen molar-refractivity contribution in [3.05, 3.63) is 65.3 Å². The highest BCUT2D eigenvalue weighted by atomic mass is 35.5. The van der Waals surface area contributed by atoms with Gasteiger partial charge in [0.05, 0.1) is 7.11 Å². The van der Waals surface area contributed by atoms with Gasteiger partial charge in [-0.05, 0) is 48.2 Å². The fraction of sp³-hybridized carbons (Fsp3) is 0.0588. The molecule has 1 aromatic heterocycles. The Hall–Kier alpha value is -2.24. The topological polar surface area (TPSA) is 52.3 Å². The quantitative estimate of drug-likeness (QED) is 0.627. The van der Waals surface area contributed by atoms with Crippen LogP contribution in [0.1, 0.15) is 10.5 Å². The van der Waals surface area contributed by atoms with Crippen molar-refractivity contribution < 1.29 is 13.9 Å². The van der Waals surface area contributed by atoms with E-state index in [1.165, 1.54) is 18.9 Å². The van der Waals surface area contributed by atoms with E-state index in [0.29, 0.717) is 16.0 Å². The van der Waals surface area contributed by atoms with Gasteiger partial charge in [0.2, 0.25) is 16.7 Å². The number of carbonyl (C=O) groups is 1. The number of nitrogens with zero attached hydrogens (tertiary/aromatic N) is 1. The Morgan fingerprint density at radius 1 is 1.13 bits per heavy atom. The highest BCUT2D eigenvalue weighted by Crippen LogP contribution is 2.34. The Morgan fingerprint density at radius 3 is 2.48 bits per heavy atom. The first kappa shape index (κ1) is 15.6. The molecule has 0 spiro atoms. The summed E-state index contributed by atoms with van der Waals surface area (Å²) < 4.78 is 10.6. The number of aromatic nitrogens is 1. The largest absolute Gasteiger partial charge is 0.464 e. The molecule has 0 aliphatic rings. The molecular weight excluding hydrogens is 334 g/mol. The molecule has 0 N–H and O–H groups in total. The van der Waals surface area contributed by atoms with E-state index < -0.39 is 5.97 Å². The summed E-state index contributed by atoms with van der Waals surface area (Å²) in [4.78, 5) is 17.1. The first-order valence-electron chi connectivity index (χ1n) is 6.75. The normalized spacial score (nSPS) is 10.5. The predicted molar refractivity (Wildman–Crippen MR) is 88.9 cm³/mol. The Balaban J connectivity index is 1.98. The van der Waals surface area contributed by atoms with Gasteiger partial charge >= 0.3 is 5.97 Å². The number of benzene rings is 2. The Labute approximate surface area is 142 Å². The molecule has 0 atom stereocenters. The van der Waals surface area contributed by atoms with E-state index >= 15 is 0 Å². The van der Waals surface area contributed by atoms with Crippen LogP contribution in [-0.2, 0) is 4.74 Å². The molecule has 0 saturated heterocycles. The number of hydrogen-bond donors (Lipinski definition) is 0.